The van der Waals surface area contributed by atoms with Crippen LogP contribution in [0.1, 0.15) is 46.7 Å². The highest BCUT2D eigenvalue weighted by molar-refractivity contribution is 7.52. The number of carbonyl (C=O) groups excluding carboxylic acids is 1. The number of carbonyl (C=O) groups is 1. The quantitative estimate of drug-likeness (QED) is 0.161. The van der Waals surface area contributed by atoms with E-state index in [2.05, 4.69) is 20.0 Å². The molecule has 0 radical (unpaired) electrons. The van der Waals surface area contributed by atoms with E-state index in [0.717, 1.165) is 5.39 Å². The first-order valence-corrected chi connectivity index (χ1v) is 16.8. The Bertz CT molecular complexity index is 1800. The van der Waals surface area contributed by atoms with E-state index >= 15 is 4.39 Å². The molecule has 1 aliphatic rings. The average Bonchev–Trinajstić information content (AvgIpc) is 3.51. The van der Waals surface area contributed by atoms with Gasteiger partial charge in [-0.15, -0.1) is 0 Å². The van der Waals surface area contributed by atoms with Crippen LogP contribution in [0.5, 0.6) is 5.75 Å². The lowest BCUT2D eigenvalue weighted by atomic mass is 9.98. The summed E-state index contributed by atoms with van der Waals surface area (Å²) in [5.41, 5.74) is -1.88. The number of ether oxygens (including phenoxy) is 2. The van der Waals surface area contributed by atoms with Crippen molar-refractivity contribution >= 4 is 41.5 Å². The summed E-state index contributed by atoms with van der Waals surface area (Å²) >= 11 is 0. The smallest absolute Gasteiger partial charge is 0.459 e. The van der Waals surface area contributed by atoms with Crippen LogP contribution in [0.15, 0.2) is 48.8 Å². The predicted octanol–water partition coefficient (Wildman–Crippen LogP) is 5.11. The van der Waals surface area contributed by atoms with Crippen molar-refractivity contribution in [3.8, 4) is 5.75 Å². The number of imidazole rings is 1. The van der Waals surface area contributed by atoms with Gasteiger partial charge in [0.25, 0.3) is 0 Å². The van der Waals surface area contributed by atoms with Crippen LogP contribution in [0, 0.1) is 12.3 Å². The summed E-state index contributed by atoms with van der Waals surface area (Å²) in [6.07, 6.45) is -2.98. The normalized spacial score (nSPS) is 23.5. The second-order valence-corrected chi connectivity index (χ2v) is 15.0. The second-order valence-electron chi connectivity index (χ2n) is 13.3. The first kappa shape index (κ1) is 34.6. The number of nitrogens with one attached hydrogen (secondary N) is 1. The number of aliphatic hydroxyl groups is 1. The largest absolute Gasteiger partial charge is 0.464 e. The van der Waals surface area contributed by atoms with Crippen LogP contribution in [0.25, 0.3) is 21.9 Å². The highest BCUT2D eigenvalue weighted by Crippen LogP contribution is 2.49. The van der Waals surface area contributed by atoms with Crippen LogP contribution >= 0.6 is 7.75 Å². The van der Waals surface area contributed by atoms with Gasteiger partial charge in [0.1, 0.15) is 29.8 Å². The number of aliphatic hydroxyl groups excluding tert-OH is 1. The molecule has 0 amide bonds. The highest BCUT2D eigenvalue weighted by Gasteiger charge is 2.56. The van der Waals surface area contributed by atoms with Gasteiger partial charge in [0.05, 0.1) is 19.5 Å². The third-order valence-corrected chi connectivity index (χ3v) is 9.27. The average molecular weight is 673 g/mol. The summed E-state index contributed by atoms with van der Waals surface area (Å²) in [7, 11) is -0.781. The van der Waals surface area contributed by atoms with Crippen LogP contribution in [0.3, 0.4) is 0 Å². The Morgan fingerprint density at radius 2 is 1.91 bits per heavy atom. The SMILES string of the molecule is Cc1nc(N(C)C)c2ncn([C@@H]3O[C@H](COP(=O)(N[C@@H](C)C(=O)OCC(C)(C)C)Oc4cccc5ccccc45)[C@@H](O)[C@@]3(C)F)c2n1. The molecule has 2 aromatic heterocycles. The number of hydrogen-bond acceptors (Lipinski definition) is 11. The molecule has 13 nitrogen and oxygen atoms in total. The Morgan fingerprint density at radius 3 is 2.62 bits per heavy atom. The third kappa shape index (κ3) is 7.42. The van der Waals surface area contributed by atoms with Crippen LogP contribution in [-0.2, 0) is 23.4 Å². The van der Waals surface area contributed by atoms with Gasteiger partial charge in [0.2, 0.25) is 0 Å². The molecule has 1 unspecified atom stereocenters. The number of halogens is 1. The molecule has 3 heterocycles. The molecule has 6 atom stereocenters. The lowest BCUT2D eigenvalue weighted by Gasteiger charge is -2.26. The molecule has 254 valence electrons. The van der Waals surface area contributed by atoms with Crippen LogP contribution in [-0.4, -0.2) is 81.8 Å². The number of esters is 1. The van der Waals surface area contributed by atoms with Crippen molar-refractivity contribution in [3.63, 3.8) is 0 Å². The van der Waals surface area contributed by atoms with E-state index in [9.17, 15) is 14.5 Å². The van der Waals surface area contributed by atoms with Gasteiger partial charge in [-0.25, -0.2) is 23.9 Å². The van der Waals surface area contributed by atoms with Crippen molar-refractivity contribution in [2.24, 2.45) is 5.41 Å². The minimum atomic E-state index is -4.39. The van der Waals surface area contributed by atoms with E-state index in [1.54, 1.807) is 50.2 Å². The van der Waals surface area contributed by atoms with Crippen molar-refractivity contribution in [2.45, 2.75) is 71.7 Å². The number of anilines is 1. The number of hydrogen-bond donors (Lipinski definition) is 2. The molecular weight excluding hydrogens is 630 g/mol. The van der Waals surface area contributed by atoms with Gasteiger partial charge < -0.3 is 24.0 Å². The van der Waals surface area contributed by atoms with Gasteiger partial charge >= 0.3 is 13.7 Å². The van der Waals surface area contributed by atoms with Crippen molar-refractivity contribution in [2.75, 3.05) is 32.2 Å². The monoisotopic (exact) mass is 672 g/mol. The van der Waals surface area contributed by atoms with Crippen LogP contribution < -0.4 is 14.5 Å². The van der Waals surface area contributed by atoms with Gasteiger partial charge in [0, 0.05) is 19.5 Å². The molecule has 5 rings (SSSR count). The molecule has 0 bridgehead atoms. The molecule has 1 aliphatic heterocycles. The maximum Gasteiger partial charge on any atom is 0.459 e. The molecule has 47 heavy (non-hydrogen) atoms. The Kier molecular flexibility index (Phi) is 9.64. The topological polar surface area (TPSA) is 150 Å². The summed E-state index contributed by atoms with van der Waals surface area (Å²) < 4.78 is 55.3. The second kappa shape index (κ2) is 13.1. The summed E-state index contributed by atoms with van der Waals surface area (Å²) in [5, 5.41) is 15.3. The lowest BCUT2D eigenvalue weighted by Crippen LogP contribution is -2.41. The summed E-state index contributed by atoms with van der Waals surface area (Å²) in [6.45, 7) is 9.70. The zero-order valence-corrected chi connectivity index (χ0v) is 28.7. The molecule has 15 heteroatoms. The van der Waals surface area contributed by atoms with E-state index in [0.29, 0.717) is 28.2 Å². The van der Waals surface area contributed by atoms with E-state index in [1.165, 1.54) is 24.7 Å². The molecule has 1 saturated heterocycles. The summed E-state index contributed by atoms with van der Waals surface area (Å²) in [4.78, 5) is 27.9. The molecule has 4 aromatic rings. The highest BCUT2D eigenvalue weighted by atomic mass is 31.2. The Labute approximate surface area is 273 Å². The van der Waals surface area contributed by atoms with Gasteiger partial charge in [-0.05, 0) is 37.6 Å². The van der Waals surface area contributed by atoms with Crippen molar-refractivity contribution < 1.29 is 37.4 Å². The van der Waals surface area contributed by atoms with E-state index in [1.807, 2.05) is 39.0 Å². The number of aryl methyl sites for hydroxylation is 1. The Morgan fingerprint density at radius 1 is 1.21 bits per heavy atom. The third-order valence-electron chi connectivity index (χ3n) is 7.64. The number of benzene rings is 2. The van der Waals surface area contributed by atoms with E-state index in [-0.39, 0.29) is 17.8 Å². The standard InChI is InChI=1S/C32H42FN6O7P/c1-19(29(41)43-17-31(3,4)5)37-47(42,46-23-15-11-13-21-12-9-10-14-22(21)23)44-16-24-26(40)32(6,33)30(45-24)39-18-34-25-27(38(7)8)35-20(2)36-28(25)39/h9-15,18-19,24,26,30,40H,16-17H2,1-8H3,(H,37,42)/t19-,24+,26+,30+,32+,47?/m0/s1. The molecule has 1 fully saturated rings. The number of nitrogens with zero attached hydrogens (tertiary/aromatic N) is 5. The van der Waals surface area contributed by atoms with Gasteiger partial charge in [-0.3, -0.25) is 13.9 Å². The Balaban J connectivity index is 1.41. The van der Waals surface area contributed by atoms with Gasteiger partial charge in [-0.1, -0.05) is 57.2 Å². The minimum absolute atomic E-state index is 0.134. The zero-order chi connectivity index (χ0) is 34.3. The molecular formula is C32H42FN6O7P. The molecule has 2 aromatic carbocycles. The summed E-state index contributed by atoms with van der Waals surface area (Å²) in [5.74, 6) is 0.541. The summed E-state index contributed by atoms with van der Waals surface area (Å²) in [6, 6.07) is 11.4. The molecule has 0 saturated carbocycles. The maximum atomic E-state index is 16.3. The van der Waals surface area contributed by atoms with Crippen LogP contribution in [0.4, 0.5) is 10.2 Å². The van der Waals surface area contributed by atoms with E-state index < -0.39 is 50.5 Å². The zero-order valence-electron chi connectivity index (χ0n) is 27.8. The van der Waals surface area contributed by atoms with E-state index in [4.69, 9.17) is 18.5 Å². The fourth-order valence-corrected chi connectivity index (χ4v) is 6.73. The predicted molar refractivity (Wildman–Crippen MR) is 175 cm³/mol. The maximum absolute atomic E-state index is 16.3. The van der Waals surface area contributed by atoms with Crippen molar-refractivity contribution in [1.29, 1.82) is 0 Å². The Hall–Kier alpha value is -3.68. The lowest BCUT2D eigenvalue weighted by molar-refractivity contribution is -0.148. The number of rotatable bonds is 11. The fourth-order valence-electron chi connectivity index (χ4n) is 5.21. The molecule has 0 spiro atoms. The molecule has 0 aliphatic carbocycles. The minimum Gasteiger partial charge on any atom is -0.464 e. The van der Waals surface area contributed by atoms with Crippen molar-refractivity contribution in [1.82, 2.24) is 24.6 Å². The van der Waals surface area contributed by atoms with Gasteiger partial charge in [-0.2, -0.15) is 5.09 Å². The first-order valence-electron chi connectivity index (χ1n) is 15.3. The first-order chi connectivity index (χ1) is 22.0. The van der Waals surface area contributed by atoms with Crippen molar-refractivity contribution in [3.05, 3.63) is 54.6 Å². The number of aromatic nitrogens is 4. The molecule has 2 N–H and O–H groups in total. The number of fused-ring (bicyclic) bond motifs is 2. The van der Waals surface area contributed by atoms with Gasteiger partial charge in [0.15, 0.2) is 28.9 Å². The fraction of sp³-hybridized carbons (Fsp3) is 0.500. The number of alkyl halides is 1. The van der Waals surface area contributed by atoms with Crippen LogP contribution in [0.2, 0.25) is 0 Å².